The molecule has 4 heteroatoms. The summed E-state index contributed by atoms with van der Waals surface area (Å²) in [7, 11) is 0. The lowest BCUT2D eigenvalue weighted by molar-refractivity contribution is 0.721. The summed E-state index contributed by atoms with van der Waals surface area (Å²) in [5, 5.41) is 1.62. The normalized spacial score (nSPS) is 11.7. The van der Waals surface area contributed by atoms with Gasteiger partial charge < -0.3 is 5.73 Å². The first-order chi connectivity index (χ1) is 6.03. The van der Waals surface area contributed by atoms with Crippen molar-refractivity contribution < 1.29 is 0 Å². The van der Waals surface area contributed by atoms with Crippen LogP contribution in [0, 0.1) is 0 Å². The molecule has 0 atom stereocenters. The van der Waals surface area contributed by atoms with Crippen LogP contribution in [-0.2, 0) is 0 Å². The molecular weight excluding hydrogens is 204 g/mol. The fourth-order valence-corrected chi connectivity index (χ4v) is 1.75. The molecule has 0 bridgehead atoms. The molecule has 1 aromatic heterocycles. The van der Waals surface area contributed by atoms with Gasteiger partial charge in [-0.05, 0) is 26.0 Å². The lowest BCUT2D eigenvalue weighted by Gasteiger charge is -2.20. The molecule has 0 aliphatic carbocycles. The second-order valence-electron chi connectivity index (χ2n) is 3.38. The van der Waals surface area contributed by atoms with Crippen molar-refractivity contribution in [3.63, 3.8) is 0 Å². The van der Waals surface area contributed by atoms with Crippen molar-refractivity contribution in [2.24, 2.45) is 5.73 Å². The van der Waals surface area contributed by atoms with Gasteiger partial charge in [0.1, 0.15) is 0 Å². The van der Waals surface area contributed by atoms with Crippen molar-refractivity contribution in [2.75, 3.05) is 6.54 Å². The van der Waals surface area contributed by atoms with Crippen molar-refractivity contribution in [1.29, 1.82) is 0 Å². The molecule has 1 aromatic rings. The van der Waals surface area contributed by atoms with Gasteiger partial charge in [0, 0.05) is 17.5 Å². The minimum Gasteiger partial charge on any atom is -0.329 e. The van der Waals surface area contributed by atoms with E-state index in [9.17, 15) is 0 Å². The first-order valence-electron chi connectivity index (χ1n) is 4.04. The van der Waals surface area contributed by atoms with Gasteiger partial charge in [0.25, 0.3) is 0 Å². The average molecular weight is 217 g/mol. The van der Waals surface area contributed by atoms with Crippen molar-refractivity contribution in [1.82, 2.24) is 4.98 Å². The maximum atomic E-state index is 5.72. The number of nitrogens with zero attached hydrogens (tertiary/aromatic N) is 1. The van der Waals surface area contributed by atoms with E-state index in [1.807, 2.05) is 12.1 Å². The topological polar surface area (TPSA) is 38.9 Å². The molecule has 0 aliphatic rings. The largest absolute Gasteiger partial charge is 0.329 e. The molecule has 1 heterocycles. The molecule has 0 fully saturated rings. The van der Waals surface area contributed by atoms with Crippen molar-refractivity contribution in [2.45, 2.75) is 23.6 Å². The number of aromatic nitrogens is 1. The standard InChI is InChI=1S/C9H13ClN2S/c1-9(2,6-11)13-8-4-3-7(10)5-12-8/h3-5H,6,11H2,1-2H3. The van der Waals surface area contributed by atoms with Gasteiger partial charge in [-0.25, -0.2) is 4.98 Å². The monoisotopic (exact) mass is 216 g/mol. The smallest absolute Gasteiger partial charge is 0.0966 e. The molecule has 0 unspecified atom stereocenters. The molecule has 0 saturated heterocycles. The third-order valence-electron chi connectivity index (χ3n) is 1.57. The number of pyridine rings is 1. The zero-order valence-electron chi connectivity index (χ0n) is 7.75. The van der Waals surface area contributed by atoms with E-state index in [0.717, 1.165) is 5.03 Å². The highest BCUT2D eigenvalue weighted by atomic mass is 35.5. The second kappa shape index (κ2) is 4.31. The predicted octanol–water partition coefficient (Wildman–Crippen LogP) is 2.56. The maximum Gasteiger partial charge on any atom is 0.0966 e. The minimum absolute atomic E-state index is 0.0286. The SMILES string of the molecule is CC(C)(CN)Sc1ccc(Cl)cn1. The van der Waals surface area contributed by atoms with Crippen LogP contribution in [0.15, 0.2) is 23.4 Å². The Morgan fingerprint density at radius 3 is 2.69 bits per heavy atom. The van der Waals surface area contributed by atoms with E-state index < -0.39 is 0 Å². The lowest BCUT2D eigenvalue weighted by atomic mass is 10.2. The van der Waals surface area contributed by atoms with Crippen LogP contribution in [-0.4, -0.2) is 16.3 Å². The van der Waals surface area contributed by atoms with Crippen LogP contribution >= 0.6 is 23.4 Å². The van der Waals surface area contributed by atoms with Crippen LogP contribution in [0.5, 0.6) is 0 Å². The minimum atomic E-state index is 0.0286. The van der Waals surface area contributed by atoms with E-state index in [4.69, 9.17) is 17.3 Å². The van der Waals surface area contributed by atoms with E-state index in [1.165, 1.54) is 0 Å². The summed E-state index contributed by atoms with van der Waals surface area (Å²) < 4.78 is 0.0286. The highest BCUT2D eigenvalue weighted by Crippen LogP contribution is 2.30. The van der Waals surface area contributed by atoms with Crippen LogP contribution in [0.25, 0.3) is 0 Å². The Hall–Kier alpha value is -0.250. The third-order valence-corrected chi connectivity index (χ3v) is 2.97. The summed E-state index contributed by atoms with van der Waals surface area (Å²) in [5.74, 6) is 0. The van der Waals surface area contributed by atoms with Gasteiger partial charge in [0.2, 0.25) is 0 Å². The Morgan fingerprint density at radius 1 is 1.54 bits per heavy atom. The van der Waals surface area contributed by atoms with Gasteiger partial charge in [0.05, 0.1) is 10.0 Å². The molecule has 13 heavy (non-hydrogen) atoms. The number of hydrogen-bond donors (Lipinski definition) is 1. The van der Waals surface area contributed by atoms with Crippen molar-refractivity contribution >= 4 is 23.4 Å². The molecular formula is C9H13ClN2S. The number of thioether (sulfide) groups is 1. The zero-order valence-corrected chi connectivity index (χ0v) is 9.32. The Bertz CT molecular complexity index is 271. The third kappa shape index (κ3) is 3.55. The Labute approximate surface area is 87.9 Å². The Kier molecular flexibility index (Phi) is 3.59. The number of halogens is 1. The lowest BCUT2D eigenvalue weighted by Crippen LogP contribution is -2.26. The molecule has 0 radical (unpaired) electrons. The van der Waals surface area contributed by atoms with Gasteiger partial charge in [-0.1, -0.05) is 23.4 Å². The Balaban J connectivity index is 2.69. The maximum absolute atomic E-state index is 5.72. The van der Waals surface area contributed by atoms with Crippen LogP contribution < -0.4 is 5.73 Å². The number of rotatable bonds is 3. The highest BCUT2D eigenvalue weighted by molar-refractivity contribution is 8.00. The van der Waals surface area contributed by atoms with Gasteiger partial charge in [-0.3, -0.25) is 0 Å². The first-order valence-corrected chi connectivity index (χ1v) is 5.23. The van der Waals surface area contributed by atoms with Gasteiger partial charge in [-0.15, -0.1) is 0 Å². The van der Waals surface area contributed by atoms with E-state index in [1.54, 1.807) is 18.0 Å². The molecule has 72 valence electrons. The highest BCUT2D eigenvalue weighted by Gasteiger charge is 2.17. The van der Waals surface area contributed by atoms with Gasteiger partial charge in [0.15, 0.2) is 0 Å². The quantitative estimate of drug-likeness (QED) is 0.790. The molecule has 0 aromatic carbocycles. The summed E-state index contributed by atoms with van der Waals surface area (Å²) in [5.41, 5.74) is 5.61. The molecule has 2 nitrogen and oxygen atoms in total. The van der Waals surface area contributed by atoms with E-state index in [2.05, 4.69) is 18.8 Å². The van der Waals surface area contributed by atoms with Crippen LogP contribution in [0.1, 0.15) is 13.8 Å². The van der Waals surface area contributed by atoms with E-state index in [0.29, 0.717) is 11.6 Å². The van der Waals surface area contributed by atoms with Crippen LogP contribution in [0.3, 0.4) is 0 Å². The second-order valence-corrected chi connectivity index (χ2v) is 5.54. The van der Waals surface area contributed by atoms with E-state index in [-0.39, 0.29) is 4.75 Å². The van der Waals surface area contributed by atoms with Crippen LogP contribution in [0.2, 0.25) is 5.02 Å². The van der Waals surface area contributed by atoms with Gasteiger partial charge >= 0.3 is 0 Å². The fraction of sp³-hybridized carbons (Fsp3) is 0.444. The molecule has 2 N–H and O–H groups in total. The van der Waals surface area contributed by atoms with E-state index >= 15 is 0 Å². The predicted molar refractivity (Wildman–Crippen MR) is 58.2 cm³/mol. The molecule has 0 amide bonds. The molecule has 1 rings (SSSR count). The summed E-state index contributed by atoms with van der Waals surface area (Å²) >= 11 is 7.38. The summed E-state index contributed by atoms with van der Waals surface area (Å²) in [6, 6.07) is 3.74. The Morgan fingerprint density at radius 2 is 2.23 bits per heavy atom. The number of nitrogens with two attached hydrogens (primary N) is 1. The van der Waals surface area contributed by atoms with Crippen LogP contribution in [0.4, 0.5) is 0 Å². The fourth-order valence-electron chi connectivity index (χ4n) is 0.747. The van der Waals surface area contributed by atoms with Crippen molar-refractivity contribution in [3.05, 3.63) is 23.4 Å². The first kappa shape index (κ1) is 10.8. The summed E-state index contributed by atoms with van der Waals surface area (Å²) in [6.45, 7) is 4.81. The molecule has 0 aliphatic heterocycles. The summed E-state index contributed by atoms with van der Waals surface area (Å²) in [4.78, 5) is 4.19. The van der Waals surface area contributed by atoms with Gasteiger partial charge in [-0.2, -0.15) is 0 Å². The summed E-state index contributed by atoms with van der Waals surface area (Å²) in [6.07, 6.45) is 1.65. The number of hydrogen-bond acceptors (Lipinski definition) is 3. The van der Waals surface area contributed by atoms with Crippen molar-refractivity contribution in [3.8, 4) is 0 Å². The molecule has 0 spiro atoms. The molecule has 0 saturated carbocycles. The average Bonchev–Trinajstić information content (AvgIpc) is 2.09. The zero-order chi connectivity index (χ0) is 9.90.